The van der Waals surface area contributed by atoms with E-state index in [9.17, 15) is 14.4 Å². The zero-order valence-corrected chi connectivity index (χ0v) is 20.2. The normalized spacial score (nSPS) is 17.0. The minimum absolute atomic E-state index is 0.0383. The Bertz CT molecular complexity index is 1140. The molecule has 0 bridgehead atoms. The Balaban J connectivity index is 1.48. The van der Waals surface area contributed by atoms with Crippen molar-refractivity contribution < 1.29 is 14.4 Å². The number of rotatable bonds is 5. The van der Waals surface area contributed by atoms with Crippen LogP contribution < -0.4 is 10.2 Å². The van der Waals surface area contributed by atoms with Crippen LogP contribution in [-0.2, 0) is 9.59 Å². The molecule has 2 aromatic carbocycles. The summed E-state index contributed by atoms with van der Waals surface area (Å²) in [6.07, 6.45) is 5.57. The zero-order valence-electron chi connectivity index (χ0n) is 17.9. The number of benzene rings is 2. The molecule has 4 rings (SSSR count). The first-order valence-electron chi connectivity index (χ1n) is 10.7. The topological polar surface area (TPSA) is 69.7 Å². The largest absolute Gasteiger partial charge is 0.350 e. The Morgan fingerprint density at radius 3 is 2.24 bits per heavy atom. The van der Waals surface area contributed by atoms with E-state index < -0.39 is 11.8 Å². The molecule has 0 aromatic heterocycles. The van der Waals surface area contributed by atoms with Gasteiger partial charge in [-0.15, -0.1) is 0 Å². The molecule has 1 heterocycles. The van der Waals surface area contributed by atoms with Crippen molar-refractivity contribution in [2.24, 2.45) is 0 Å². The van der Waals surface area contributed by atoms with Gasteiger partial charge in [0.2, 0.25) is 0 Å². The van der Waals surface area contributed by atoms with Gasteiger partial charge in [0.05, 0.1) is 15.7 Å². The second-order valence-corrected chi connectivity index (χ2v) is 9.34. The summed E-state index contributed by atoms with van der Waals surface area (Å²) in [7, 11) is 1.84. The van der Waals surface area contributed by atoms with Crippen LogP contribution in [0.5, 0.6) is 0 Å². The lowest BCUT2D eigenvalue weighted by Gasteiger charge is -2.31. The average molecular weight is 507 g/mol. The van der Waals surface area contributed by atoms with Crippen molar-refractivity contribution in [2.45, 2.75) is 38.1 Å². The third-order valence-corrected chi connectivity index (χ3v) is 7.12. The van der Waals surface area contributed by atoms with Gasteiger partial charge < -0.3 is 10.2 Å². The molecule has 0 unspecified atom stereocenters. The van der Waals surface area contributed by atoms with Crippen molar-refractivity contribution in [1.82, 2.24) is 4.90 Å². The van der Waals surface area contributed by atoms with Gasteiger partial charge in [0.25, 0.3) is 17.7 Å². The monoisotopic (exact) mass is 505 g/mol. The first-order valence-corrected chi connectivity index (χ1v) is 11.8. The summed E-state index contributed by atoms with van der Waals surface area (Å²) in [5.41, 5.74) is 1.30. The van der Waals surface area contributed by atoms with E-state index in [4.69, 9.17) is 34.8 Å². The Hall–Kier alpha value is -2.54. The third kappa shape index (κ3) is 4.74. The molecule has 6 nitrogen and oxygen atoms in total. The maximum Gasteiger partial charge on any atom is 0.283 e. The number of carbonyl (C=O) groups is 3. The standard InChI is InChI=1S/C24H22Cl3N3O3/c1-29(16-5-3-2-4-6-16)22(31)14-7-9-15(10-8-14)28-21-20(27)23(32)30(24(21)33)17-11-12-18(25)19(26)13-17/h7-13,16,28H,2-6H2,1H3. The predicted octanol–water partition coefficient (Wildman–Crippen LogP) is 5.83. The van der Waals surface area contributed by atoms with E-state index in [0.717, 1.165) is 30.6 Å². The van der Waals surface area contributed by atoms with Crippen LogP contribution in [0, 0.1) is 0 Å². The van der Waals surface area contributed by atoms with Crippen LogP contribution in [0.25, 0.3) is 0 Å². The molecule has 1 fully saturated rings. The fourth-order valence-electron chi connectivity index (χ4n) is 4.15. The number of hydrogen-bond acceptors (Lipinski definition) is 4. The van der Waals surface area contributed by atoms with Gasteiger partial charge in [0, 0.05) is 24.3 Å². The highest BCUT2D eigenvalue weighted by molar-refractivity contribution is 6.53. The molecule has 1 saturated carbocycles. The van der Waals surface area contributed by atoms with Crippen molar-refractivity contribution in [2.75, 3.05) is 17.3 Å². The molecule has 33 heavy (non-hydrogen) atoms. The van der Waals surface area contributed by atoms with Gasteiger partial charge in [0.15, 0.2) is 0 Å². The molecular weight excluding hydrogens is 485 g/mol. The molecule has 0 atom stereocenters. The van der Waals surface area contributed by atoms with Crippen molar-refractivity contribution in [1.29, 1.82) is 0 Å². The fourth-order valence-corrected chi connectivity index (χ4v) is 4.65. The Kier molecular flexibility index (Phi) is 6.98. The minimum Gasteiger partial charge on any atom is -0.350 e. The van der Waals surface area contributed by atoms with E-state index in [-0.39, 0.29) is 33.4 Å². The second-order valence-electron chi connectivity index (χ2n) is 8.14. The number of anilines is 2. The van der Waals surface area contributed by atoms with Crippen LogP contribution in [0.2, 0.25) is 10.0 Å². The Morgan fingerprint density at radius 2 is 1.61 bits per heavy atom. The van der Waals surface area contributed by atoms with Crippen LogP contribution >= 0.6 is 34.8 Å². The highest BCUT2D eigenvalue weighted by Crippen LogP contribution is 2.33. The van der Waals surface area contributed by atoms with Gasteiger partial charge in [0.1, 0.15) is 10.7 Å². The van der Waals surface area contributed by atoms with Gasteiger partial charge in [-0.3, -0.25) is 14.4 Å². The number of imide groups is 1. The number of amides is 3. The average Bonchev–Trinajstić information content (AvgIpc) is 3.04. The first kappa shape index (κ1) is 23.6. The van der Waals surface area contributed by atoms with Gasteiger partial charge in [-0.1, -0.05) is 54.1 Å². The quantitative estimate of drug-likeness (QED) is 0.518. The Labute approximate surface area is 207 Å². The lowest BCUT2D eigenvalue weighted by atomic mass is 9.94. The van der Waals surface area contributed by atoms with Crippen LogP contribution in [0.4, 0.5) is 11.4 Å². The molecule has 1 aliphatic heterocycles. The van der Waals surface area contributed by atoms with Crippen molar-refractivity contribution in [3.05, 3.63) is 68.8 Å². The molecule has 0 radical (unpaired) electrons. The molecule has 0 saturated heterocycles. The molecule has 2 aromatic rings. The molecule has 0 spiro atoms. The maximum absolute atomic E-state index is 12.9. The Morgan fingerprint density at radius 1 is 0.939 bits per heavy atom. The molecule has 9 heteroatoms. The summed E-state index contributed by atoms with van der Waals surface area (Å²) in [4.78, 5) is 41.2. The fraction of sp³-hybridized carbons (Fsp3) is 0.292. The third-order valence-electron chi connectivity index (χ3n) is 6.03. The summed E-state index contributed by atoms with van der Waals surface area (Å²) < 4.78 is 0. The highest BCUT2D eigenvalue weighted by Gasteiger charge is 2.39. The summed E-state index contributed by atoms with van der Waals surface area (Å²) in [6, 6.07) is 11.4. The number of hydrogen-bond donors (Lipinski definition) is 1. The summed E-state index contributed by atoms with van der Waals surface area (Å²) >= 11 is 18.1. The summed E-state index contributed by atoms with van der Waals surface area (Å²) in [5, 5.41) is 3.19. The molecule has 2 aliphatic rings. The van der Waals surface area contributed by atoms with Crippen LogP contribution in [-0.4, -0.2) is 35.7 Å². The highest BCUT2D eigenvalue weighted by atomic mass is 35.5. The molecule has 1 aliphatic carbocycles. The summed E-state index contributed by atoms with van der Waals surface area (Å²) in [6.45, 7) is 0. The van der Waals surface area contributed by atoms with E-state index in [1.54, 1.807) is 24.3 Å². The van der Waals surface area contributed by atoms with Crippen LogP contribution in [0.1, 0.15) is 42.5 Å². The summed E-state index contributed by atoms with van der Waals surface area (Å²) in [5.74, 6) is -1.31. The van der Waals surface area contributed by atoms with E-state index >= 15 is 0 Å². The lowest BCUT2D eigenvalue weighted by Crippen LogP contribution is -2.38. The van der Waals surface area contributed by atoms with Crippen molar-refractivity contribution in [3.8, 4) is 0 Å². The minimum atomic E-state index is -0.663. The van der Waals surface area contributed by atoms with Crippen molar-refractivity contribution >= 4 is 63.9 Å². The second kappa shape index (κ2) is 9.75. The van der Waals surface area contributed by atoms with E-state index in [1.165, 1.54) is 24.6 Å². The predicted molar refractivity (Wildman–Crippen MR) is 131 cm³/mol. The SMILES string of the molecule is CN(C(=O)c1ccc(NC2=C(Cl)C(=O)N(c3ccc(Cl)c(Cl)c3)C2=O)cc1)C1CCCCC1. The smallest absolute Gasteiger partial charge is 0.283 e. The van der Waals surface area contributed by atoms with Crippen molar-refractivity contribution in [3.63, 3.8) is 0 Å². The van der Waals surface area contributed by atoms with Gasteiger partial charge in [-0.25, -0.2) is 4.90 Å². The lowest BCUT2D eigenvalue weighted by molar-refractivity contribution is -0.120. The number of carbonyl (C=O) groups excluding carboxylic acids is 3. The molecular formula is C24H22Cl3N3O3. The zero-order chi connectivity index (χ0) is 23.7. The first-order chi connectivity index (χ1) is 15.8. The van der Waals surface area contributed by atoms with Crippen LogP contribution in [0.15, 0.2) is 53.2 Å². The van der Waals surface area contributed by atoms with E-state index in [2.05, 4.69) is 5.32 Å². The van der Waals surface area contributed by atoms with Gasteiger partial charge >= 0.3 is 0 Å². The number of halogens is 3. The molecule has 3 amide bonds. The van der Waals surface area contributed by atoms with E-state index in [0.29, 0.717) is 16.3 Å². The van der Waals surface area contributed by atoms with Gasteiger partial charge in [-0.05, 0) is 55.3 Å². The number of nitrogens with zero attached hydrogens (tertiary/aromatic N) is 2. The number of nitrogens with one attached hydrogen (secondary N) is 1. The van der Waals surface area contributed by atoms with Crippen LogP contribution in [0.3, 0.4) is 0 Å². The molecule has 1 N–H and O–H groups in total. The maximum atomic E-state index is 12.9. The molecule has 172 valence electrons. The van der Waals surface area contributed by atoms with E-state index in [1.807, 2.05) is 11.9 Å². The van der Waals surface area contributed by atoms with Gasteiger partial charge in [-0.2, -0.15) is 0 Å².